The quantitative estimate of drug-likeness (QED) is 0.200. The molecule has 0 amide bonds. The Labute approximate surface area is 256 Å². The molecule has 3 N–H and O–H groups in total. The second-order valence-corrected chi connectivity index (χ2v) is 11.5. The number of nitrogens with one attached hydrogen (secondary N) is 1. The van der Waals surface area contributed by atoms with Crippen LogP contribution in [0.3, 0.4) is 0 Å². The number of morpholine rings is 1. The van der Waals surface area contributed by atoms with E-state index in [1.54, 1.807) is 7.11 Å². The summed E-state index contributed by atoms with van der Waals surface area (Å²) in [5, 5.41) is 19.2. The van der Waals surface area contributed by atoms with Crippen LogP contribution in [0.15, 0.2) is 82.9 Å². The molecule has 1 fully saturated rings. The number of nitriles is 1. The van der Waals surface area contributed by atoms with Crippen molar-refractivity contribution < 1.29 is 27.0 Å². The van der Waals surface area contributed by atoms with E-state index in [-0.39, 0.29) is 16.8 Å². The van der Waals surface area contributed by atoms with E-state index in [1.807, 2.05) is 54.6 Å². The number of anilines is 2. The third-order valence-corrected chi connectivity index (χ3v) is 7.26. The summed E-state index contributed by atoms with van der Waals surface area (Å²) in [6.45, 7) is 6.43. The molecule has 0 bridgehead atoms. The summed E-state index contributed by atoms with van der Waals surface area (Å²) in [5.74, 6) is 1.84. The highest BCUT2D eigenvalue weighted by Gasteiger charge is 2.49. The summed E-state index contributed by atoms with van der Waals surface area (Å²) in [4.78, 5) is 7.16. The molecule has 13 heteroatoms. The molecule has 0 radical (unpaired) electrons. The minimum atomic E-state index is -4.67. The number of amidine groups is 2. The van der Waals surface area contributed by atoms with Gasteiger partial charge in [0.1, 0.15) is 11.4 Å². The Morgan fingerprint density at radius 1 is 1.07 bits per heavy atom. The highest BCUT2D eigenvalue weighted by atomic mass is 32.3. The first-order valence-corrected chi connectivity index (χ1v) is 15.3. The number of aliphatic imine (C=N–C) groups is 1. The Bertz CT molecular complexity index is 1750. The fraction of sp³-hybridized carbons (Fsp3) is 0.258. The van der Waals surface area contributed by atoms with E-state index in [0.717, 1.165) is 52.6 Å². The molecule has 3 aliphatic rings. The first kappa shape index (κ1) is 30.9. The van der Waals surface area contributed by atoms with Gasteiger partial charge in [-0.25, -0.2) is 0 Å². The Morgan fingerprint density at radius 2 is 1.73 bits per heavy atom. The Balaban J connectivity index is 0.000000712. The lowest BCUT2D eigenvalue weighted by atomic mass is 10.0. The molecule has 0 spiro atoms. The Morgan fingerprint density at radius 3 is 2.34 bits per heavy atom. The van der Waals surface area contributed by atoms with Crippen LogP contribution < -0.4 is 19.5 Å². The van der Waals surface area contributed by atoms with Gasteiger partial charge < -0.3 is 19.7 Å². The highest BCUT2D eigenvalue weighted by molar-refractivity contribution is 7.79. The fourth-order valence-corrected chi connectivity index (χ4v) is 5.48. The predicted octanol–water partition coefficient (Wildman–Crippen LogP) is 4.86. The number of methoxy groups -OCH3 is 1. The molecule has 44 heavy (non-hydrogen) atoms. The number of hydrogen-bond acceptors (Lipinski definition) is 9. The number of rotatable bonds is 6. The molecule has 3 unspecified atom stereocenters. The zero-order chi connectivity index (χ0) is 31.5. The third kappa shape index (κ3) is 6.80. The van der Waals surface area contributed by atoms with Crippen LogP contribution in [0.2, 0.25) is 0 Å². The number of quaternary nitrogens is 1. The summed E-state index contributed by atoms with van der Waals surface area (Å²) < 4.78 is 42.5. The topological polar surface area (TPSA) is 157 Å². The molecule has 0 aromatic heterocycles. The molecular formula is C31H33N6O6S+. The summed E-state index contributed by atoms with van der Waals surface area (Å²) >= 11 is 0. The average molecular weight is 618 g/mol. The standard InChI is InChI=1S/C31H31N6O2.H2O4S/c1-21-18-36(19-22(2)39-21)26-15-25-11-14-29-34-31(24-9-12-27(38-3)13-10-24)35-37(29,20-32)30(25)28(16-26)33-17-23-7-5-4-6-8-23;1-5(2,3)4/h4-16,21-22,33H,17-19H2,1-3H3;(H2,1,2,3,4)/q+1;. The van der Waals surface area contributed by atoms with Crippen LogP contribution in [0.25, 0.3) is 6.08 Å². The van der Waals surface area contributed by atoms with E-state index in [9.17, 15) is 5.26 Å². The molecule has 0 saturated carbocycles. The first-order chi connectivity index (χ1) is 21.0. The van der Waals surface area contributed by atoms with E-state index < -0.39 is 10.4 Å². The summed E-state index contributed by atoms with van der Waals surface area (Å²) in [6, 6.07) is 22.1. The SMILES string of the molecule is COc1ccc(C2=N[N+]3(C#N)C(=N2)C=Cc2cc(N4CC(C)OC(C)C4)cc(NCc4ccccc4)c23)cc1.O=S(=O)(O)O. The van der Waals surface area contributed by atoms with Crippen LogP contribution in [-0.4, -0.2) is 61.6 Å². The van der Waals surface area contributed by atoms with Gasteiger partial charge in [0.25, 0.3) is 5.84 Å². The Kier molecular flexibility index (Phi) is 8.82. The van der Waals surface area contributed by atoms with Crippen LogP contribution in [-0.2, 0) is 21.7 Å². The molecule has 228 valence electrons. The second-order valence-electron chi connectivity index (χ2n) is 10.6. The van der Waals surface area contributed by atoms with Crippen LogP contribution in [0, 0.1) is 11.5 Å². The lowest BCUT2D eigenvalue weighted by Crippen LogP contribution is -2.46. The maximum Gasteiger partial charge on any atom is 0.394 e. The predicted molar refractivity (Wildman–Crippen MR) is 170 cm³/mol. The van der Waals surface area contributed by atoms with E-state index in [1.165, 1.54) is 0 Å². The summed E-state index contributed by atoms with van der Waals surface area (Å²) in [5.41, 5.74) is 5.64. The van der Waals surface area contributed by atoms with Crippen molar-refractivity contribution in [2.24, 2.45) is 10.1 Å². The first-order valence-electron chi connectivity index (χ1n) is 13.9. The molecule has 1 saturated heterocycles. The van der Waals surface area contributed by atoms with Gasteiger partial charge in [-0.1, -0.05) is 30.3 Å². The number of benzene rings is 3. The fourth-order valence-electron chi connectivity index (χ4n) is 5.48. The van der Waals surface area contributed by atoms with Crippen LogP contribution in [0.1, 0.15) is 30.5 Å². The Hall–Kier alpha value is -4.58. The van der Waals surface area contributed by atoms with Gasteiger partial charge >= 0.3 is 16.6 Å². The van der Waals surface area contributed by atoms with E-state index >= 15 is 0 Å². The minimum absolute atomic E-state index is 0.132. The zero-order valence-corrected chi connectivity index (χ0v) is 25.3. The molecule has 6 rings (SSSR count). The van der Waals surface area contributed by atoms with Gasteiger partial charge in [-0.15, -0.1) is 5.26 Å². The minimum Gasteiger partial charge on any atom is -0.497 e. The van der Waals surface area contributed by atoms with E-state index in [2.05, 4.69) is 54.5 Å². The smallest absolute Gasteiger partial charge is 0.394 e. The molecule has 0 aliphatic carbocycles. The summed E-state index contributed by atoms with van der Waals surface area (Å²) in [6.07, 6.45) is 6.69. The largest absolute Gasteiger partial charge is 0.497 e. The van der Waals surface area contributed by atoms with Gasteiger partial charge in [0, 0.05) is 42.5 Å². The van der Waals surface area contributed by atoms with Crippen molar-refractivity contribution in [3.63, 3.8) is 0 Å². The van der Waals surface area contributed by atoms with E-state index in [4.69, 9.17) is 37.1 Å². The lowest BCUT2D eigenvalue weighted by molar-refractivity contribution is -0.00521. The monoisotopic (exact) mass is 617 g/mol. The average Bonchev–Trinajstić information content (AvgIpc) is 3.39. The number of fused-ring (bicyclic) bond motifs is 3. The van der Waals surface area contributed by atoms with Crippen LogP contribution in [0.5, 0.6) is 5.75 Å². The van der Waals surface area contributed by atoms with Crippen LogP contribution >= 0.6 is 0 Å². The van der Waals surface area contributed by atoms with Crippen molar-refractivity contribution >= 4 is 45.2 Å². The highest BCUT2D eigenvalue weighted by Crippen LogP contribution is 2.45. The second kappa shape index (κ2) is 12.6. The maximum absolute atomic E-state index is 10.7. The molecule has 3 aliphatic heterocycles. The van der Waals surface area contributed by atoms with Gasteiger partial charge in [0.15, 0.2) is 0 Å². The summed E-state index contributed by atoms with van der Waals surface area (Å²) in [7, 11) is -3.03. The third-order valence-electron chi connectivity index (χ3n) is 7.26. The molecular weight excluding hydrogens is 584 g/mol. The van der Waals surface area contributed by atoms with Crippen molar-refractivity contribution in [1.82, 2.24) is 4.59 Å². The molecule has 3 aromatic carbocycles. The van der Waals surface area contributed by atoms with Gasteiger partial charge in [-0.3, -0.25) is 9.11 Å². The number of ether oxygens (including phenoxy) is 2. The van der Waals surface area contributed by atoms with E-state index in [0.29, 0.717) is 18.2 Å². The van der Waals surface area contributed by atoms with Gasteiger partial charge in [0.05, 0.1) is 19.3 Å². The van der Waals surface area contributed by atoms with Crippen molar-refractivity contribution in [2.45, 2.75) is 32.6 Å². The maximum atomic E-state index is 10.7. The normalized spacial score (nSPS) is 22.0. The van der Waals surface area contributed by atoms with Crippen molar-refractivity contribution in [2.75, 3.05) is 30.4 Å². The zero-order valence-electron chi connectivity index (χ0n) is 24.5. The molecule has 12 nitrogen and oxygen atoms in total. The number of hydrogen-bond donors (Lipinski definition) is 3. The van der Waals surface area contributed by atoms with Crippen molar-refractivity contribution in [1.29, 1.82) is 5.26 Å². The lowest BCUT2D eigenvalue weighted by Gasteiger charge is -2.37. The van der Waals surface area contributed by atoms with Gasteiger partial charge in [-0.05, 0) is 71.6 Å². The van der Waals surface area contributed by atoms with Crippen molar-refractivity contribution in [3.8, 4) is 11.9 Å². The molecule has 3 aromatic rings. The van der Waals surface area contributed by atoms with Crippen molar-refractivity contribution in [3.05, 3.63) is 89.5 Å². The van der Waals surface area contributed by atoms with Gasteiger partial charge in [0.2, 0.25) is 11.5 Å². The van der Waals surface area contributed by atoms with Crippen LogP contribution in [0.4, 0.5) is 17.1 Å². The van der Waals surface area contributed by atoms with Gasteiger partial charge in [-0.2, -0.15) is 13.4 Å². The number of nitrogens with zero attached hydrogens (tertiary/aromatic N) is 5. The molecule has 3 heterocycles. The molecule has 3 atom stereocenters.